The van der Waals surface area contributed by atoms with Crippen LogP contribution in [0.1, 0.15) is 6.92 Å². The topological polar surface area (TPSA) is 0 Å². The molecule has 0 spiro atoms. The van der Waals surface area contributed by atoms with E-state index in [9.17, 15) is 0 Å². The van der Waals surface area contributed by atoms with Crippen LogP contribution in [0.25, 0.3) is 0 Å². The maximum Gasteiger partial charge on any atom is 0.0408 e. The number of hydrogen-bond acceptors (Lipinski definition) is 8. The van der Waals surface area contributed by atoms with Crippen LogP contribution in [0.2, 0.25) is 0 Å². The standard InChI is InChI=1S/C7H16S4.C3H8S4/c1-7(11-5-3-9)6-10-4-2-8;4-1-6-3-7-2-5/h7-9H,2-6H2,1H3;4-5H,1-3H2. The lowest BCUT2D eigenvalue weighted by molar-refractivity contribution is 1.13. The number of thiol groups is 4. The van der Waals surface area contributed by atoms with Crippen molar-refractivity contribution in [3.8, 4) is 0 Å². The van der Waals surface area contributed by atoms with E-state index in [-0.39, 0.29) is 0 Å². The minimum atomic E-state index is 0.770. The van der Waals surface area contributed by atoms with Crippen LogP contribution in [-0.4, -0.2) is 49.3 Å². The summed E-state index contributed by atoms with van der Waals surface area (Å²) in [5.74, 6) is 5.58. The summed E-state index contributed by atoms with van der Waals surface area (Å²) in [5, 5.41) is 3.72. The van der Waals surface area contributed by atoms with Gasteiger partial charge >= 0.3 is 0 Å². The second-order valence-electron chi connectivity index (χ2n) is 2.99. The Balaban J connectivity index is 0. The van der Waals surface area contributed by atoms with Crippen molar-refractivity contribution < 1.29 is 0 Å². The number of rotatable bonds is 11. The van der Waals surface area contributed by atoms with Gasteiger partial charge in [-0.3, -0.25) is 0 Å². The Morgan fingerprint density at radius 3 is 1.83 bits per heavy atom. The van der Waals surface area contributed by atoms with Gasteiger partial charge in [0.05, 0.1) is 0 Å². The van der Waals surface area contributed by atoms with Crippen molar-refractivity contribution in [3.63, 3.8) is 0 Å². The summed E-state index contributed by atoms with van der Waals surface area (Å²) in [6.07, 6.45) is 0. The molecule has 0 aromatic rings. The van der Waals surface area contributed by atoms with Gasteiger partial charge in [0, 0.05) is 37.8 Å². The van der Waals surface area contributed by atoms with Gasteiger partial charge < -0.3 is 0 Å². The van der Waals surface area contributed by atoms with Gasteiger partial charge in [-0.1, -0.05) is 6.92 Å². The van der Waals surface area contributed by atoms with Gasteiger partial charge in [-0.25, -0.2) is 0 Å². The molecule has 112 valence electrons. The van der Waals surface area contributed by atoms with Crippen LogP contribution in [0.15, 0.2) is 0 Å². The van der Waals surface area contributed by atoms with Crippen LogP contribution < -0.4 is 0 Å². The molecule has 0 aromatic heterocycles. The summed E-state index contributed by atoms with van der Waals surface area (Å²) in [7, 11) is 0. The molecule has 0 aliphatic carbocycles. The van der Waals surface area contributed by atoms with E-state index in [0.717, 1.165) is 32.0 Å². The highest BCUT2D eigenvalue weighted by Gasteiger charge is 2.00. The average Bonchev–Trinajstić information content (AvgIpc) is 2.38. The minimum absolute atomic E-state index is 0.770. The zero-order valence-electron chi connectivity index (χ0n) is 10.7. The van der Waals surface area contributed by atoms with Gasteiger partial charge in [0.15, 0.2) is 0 Å². The lowest BCUT2D eigenvalue weighted by Crippen LogP contribution is -2.02. The van der Waals surface area contributed by atoms with Gasteiger partial charge in [0.1, 0.15) is 0 Å². The van der Waals surface area contributed by atoms with Crippen LogP contribution >= 0.6 is 97.6 Å². The molecule has 8 heteroatoms. The van der Waals surface area contributed by atoms with E-state index in [1.807, 2.05) is 47.0 Å². The molecule has 0 bridgehead atoms. The maximum atomic E-state index is 4.16. The molecule has 0 saturated heterocycles. The van der Waals surface area contributed by atoms with E-state index in [1.54, 1.807) is 0 Å². The van der Waals surface area contributed by atoms with Crippen LogP contribution in [-0.2, 0) is 0 Å². The molecule has 0 radical (unpaired) electrons. The normalized spacial score (nSPS) is 11.8. The smallest absolute Gasteiger partial charge is 0.0408 e. The summed E-state index contributed by atoms with van der Waals surface area (Å²) >= 11 is 24.0. The lowest BCUT2D eigenvalue weighted by Gasteiger charge is -2.08. The van der Waals surface area contributed by atoms with E-state index < -0.39 is 0 Å². The monoisotopic (exact) mass is 400 g/mol. The lowest BCUT2D eigenvalue weighted by atomic mass is 10.6. The molecule has 18 heavy (non-hydrogen) atoms. The molecule has 1 atom stereocenters. The second kappa shape index (κ2) is 22.1. The van der Waals surface area contributed by atoms with Gasteiger partial charge in [-0.05, 0) is 11.5 Å². The molecule has 0 fully saturated rings. The quantitative estimate of drug-likeness (QED) is 0.221. The van der Waals surface area contributed by atoms with Gasteiger partial charge in [0.2, 0.25) is 0 Å². The van der Waals surface area contributed by atoms with Crippen molar-refractivity contribution in [2.45, 2.75) is 12.2 Å². The van der Waals surface area contributed by atoms with Crippen molar-refractivity contribution in [1.82, 2.24) is 0 Å². The summed E-state index contributed by atoms with van der Waals surface area (Å²) in [4.78, 5) is 0. The molecule has 0 N–H and O–H groups in total. The Morgan fingerprint density at radius 1 is 0.833 bits per heavy atom. The van der Waals surface area contributed by atoms with Crippen molar-refractivity contribution >= 4 is 97.6 Å². The predicted molar refractivity (Wildman–Crippen MR) is 115 cm³/mol. The van der Waals surface area contributed by atoms with Crippen LogP contribution in [0.3, 0.4) is 0 Å². The summed E-state index contributed by atoms with van der Waals surface area (Å²) in [6, 6.07) is 0. The molecule has 0 saturated carbocycles. The highest BCUT2D eigenvalue weighted by Crippen LogP contribution is 2.16. The first-order valence-electron chi connectivity index (χ1n) is 5.51. The van der Waals surface area contributed by atoms with E-state index in [0.29, 0.717) is 0 Å². The largest absolute Gasteiger partial charge is 0.179 e. The molecule has 0 amide bonds. The Hall–Kier alpha value is 2.80. The second-order valence-corrected chi connectivity index (χ2v) is 10.4. The zero-order chi connectivity index (χ0) is 14.1. The van der Waals surface area contributed by atoms with Crippen molar-refractivity contribution in [1.29, 1.82) is 0 Å². The third-order valence-electron chi connectivity index (χ3n) is 1.43. The molecule has 0 rings (SSSR count). The van der Waals surface area contributed by atoms with E-state index in [1.165, 1.54) is 17.3 Å². The number of hydrogen-bond donors (Lipinski definition) is 4. The van der Waals surface area contributed by atoms with Crippen molar-refractivity contribution in [2.24, 2.45) is 0 Å². The first kappa shape index (κ1) is 23.1. The molecule has 1 unspecified atom stereocenters. The highest BCUT2D eigenvalue weighted by atomic mass is 32.2. The Morgan fingerprint density at radius 2 is 1.39 bits per heavy atom. The number of thioether (sulfide) groups is 4. The Bertz CT molecular complexity index is 131. The summed E-state index contributed by atoms with van der Waals surface area (Å²) in [6.45, 7) is 2.28. The van der Waals surface area contributed by atoms with Crippen molar-refractivity contribution in [2.75, 3.05) is 44.0 Å². The van der Waals surface area contributed by atoms with Gasteiger partial charge in [-0.2, -0.15) is 74.0 Å². The SMILES string of the molecule is CC(CSCCS)SCCS.SCSCSCS. The zero-order valence-corrected chi connectivity index (χ0v) is 17.5. The molecular weight excluding hydrogens is 377 g/mol. The molecule has 0 aromatic carbocycles. The van der Waals surface area contributed by atoms with Crippen LogP contribution in [0.5, 0.6) is 0 Å². The molecule has 0 nitrogen and oxygen atoms in total. The Kier molecular flexibility index (Phi) is 28.3. The molecular formula is C10H24S8. The molecule has 0 heterocycles. The third kappa shape index (κ3) is 23.9. The predicted octanol–water partition coefficient (Wildman–Crippen LogP) is 4.89. The fourth-order valence-corrected chi connectivity index (χ4v) is 5.67. The maximum absolute atomic E-state index is 4.16. The average molecular weight is 401 g/mol. The first-order valence-corrected chi connectivity index (χ1v) is 12.5. The molecule has 0 aliphatic heterocycles. The first-order chi connectivity index (χ1) is 8.72. The van der Waals surface area contributed by atoms with Crippen molar-refractivity contribution in [3.05, 3.63) is 0 Å². The third-order valence-corrected chi connectivity index (χ3v) is 7.89. The van der Waals surface area contributed by atoms with Gasteiger partial charge in [-0.15, -0.1) is 23.5 Å². The highest BCUT2D eigenvalue weighted by molar-refractivity contribution is 8.22. The van der Waals surface area contributed by atoms with E-state index in [2.05, 4.69) is 57.4 Å². The fraction of sp³-hybridized carbons (Fsp3) is 1.00. The summed E-state index contributed by atoms with van der Waals surface area (Å²) in [5.41, 5.74) is 0. The fourth-order valence-electron chi connectivity index (χ4n) is 0.749. The molecule has 0 aliphatic rings. The Labute approximate surface area is 152 Å². The van der Waals surface area contributed by atoms with Crippen LogP contribution in [0, 0.1) is 0 Å². The van der Waals surface area contributed by atoms with E-state index in [4.69, 9.17) is 0 Å². The van der Waals surface area contributed by atoms with Gasteiger partial charge in [0.25, 0.3) is 0 Å². The van der Waals surface area contributed by atoms with E-state index >= 15 is 0 Å². The summed E-state index contributed by atoms with van der Waals surface area (Å²) < 4.78 is 0. The minimum Gasteiger partial charge on any atom is -0.179 e. The van der Waals surface area contributed by atoms with Crippen LogP contribution in [0.4, 0.5) is 0 Å².